The molecule has 0 bridgehead atoms. The highest BCUT2D eigenvalue weighted by Gasteiger charge is 2.28. The van der Waals surface area contributed by atoms with Crippen LogP contribution in [0.4, 0.5) is 13.2 Å². The van der Waals surface area contributed by atoms with Gasteiger partial charge >= 0.3 is 12.1 Å². The van der Waals surface area contributed by atoms with Crippen LogP contribution in [0.2, 0.25) is 0 Å². The fourth-order valence-electron chi connectivity index (χ4n) is 0.672. The molecule has 0 unspecified atom stereocenters. The van der Waals surface area contributed by atoms with Crippen LogP contribution in [0.25, 0.3) is 0 Å². The Morgan fingerprint density at radius 2 is 2.00 bits per heavy atom. The van der Waals surface area contributed by atoms with E-state index in [4.69, 9.17) is 5.11 Å². The summed E-state index contributed by atoms with van der Waals surface area (Å²) in [7, 11) is 1.23. The van der Waals surface area contributed by atoms with Gasteiger partial charge in [-0.1, -0.05) is 0 Å². The number of carboxylic acids is 1. The van der Waals surface area contributed by atoms with E-state index in [-0.39, 0.29) is 13.0 Å². The topological polar surface area (TPSA) is 40.5 Å². The predicted molar refractivity (Wildman–Crippen MR) is 35.8 cm³/mol. The van der Waals surface area contributed by atoms with Gasteiger partial charge in [0.1, 0.15) is 0 Å². The molecular formula is C6H10F3NO2. The molecule has 0 amide bonds. The van der Waals surface area contributed by atoms with Crippen LogP contribution in [0.5, 0.6) is 0 Å². The van der Waals surface area contributed by atoms with E-state index in [1.54, 1.807) is 0 Å². The molecule has 0 aliphatic carbocycles. The van der Waals surface area contributed by atoms with Crippen molar-refractivity contribution in [3.8, 4) is 0 Å². The fraction of sp³-hybridized carbons (Fsp3) is 0.833. The summed E-state index contributed by atoms with van der Waals surface area (Å²) in [5.74, 6) is -1.09. The Morgan fingerprint density at radius 3 is 2.33 bits per heavy atom. The Bertz CT molecular complexity index is 157. The van der Waals surface area contributed by atoms with E-state index >= 15 is 0 Å². The Morgan fingerprint density at radius 1 is 1.50 bits per heavy atom. The molecule has 0 fully saturated rings. The van der Waals surface area contributed by atoms with Crippen molar-refractivity contribution in [2.45, 2.75) is 12.6 Å². The Balaban J connectivity index is 3.60. The van der Waals surface area contributed by atoms with Gasteiger partial charge in [-0.25, -0.2) is 0 Å². The molecule has 0 rings (SSSR count). The molecule has 0 aromatic carbocycles. The number of nitrogens with zero attached hydrogens (tertiary/aromatic N) is 1. The van der Waals surface area contributed by atoms with Gasteiger partial charge in [-0.05, 0) is 7.05 Å². The van der Waals surface area contributed by atoms with Gasteiger partial charge in [-0.3, -0.25) is 9.69 Å². The van der Waals surface area contributed by atoms with Gasteiger partial charge in [0.15, 0.2) is 0 Å². The van der Waals surface area contributed by atoms with Crippen molar-refractivity contribution >= 4 is 5.97 Å². The molecule has 0 aliphatic heterocycles. The maximum atomic E-state index is 11.6. The molecule has 1 N–H and O–H groups in total. The number of aliphatic carboxylic acids is 1. The average molecular weight is 185 g/mol. The molecule has 72 valence electrons. The van der Waals surface area contributed by atoms with Crippen molar-refractivity contribution < 1.29 is 23.1 Å². The quantitative estimate of drug-likeness (QED) is 0.709. The molecule has 0 atom stereocenters. The highest BCUT2D eigenvalue weighted by Crippen LogP contribution is 2.15. The summed E-state index contributed by atoms with van der Waals surface area (Å²) in [6.45, 7) is -1.16. The van der Waals surface area contributed by atoms with E-state index in [2.05, 4.69) is 0 Å². The zero-order chi connectivity index (χ0) is 9.78. The Kier molecular flexibility index (Phi) is 4.02. The van der Waals surface area contributed by atoms with E-state index < -0.39 is 18.7 Å². The van der Waals surface area contributed by atoms with Gasteiger partial charge in [0.25, 0.3) is 0 Å². The van der Waals surface area contributed by atoms with Gasteiger partial charge < -0.3 is 5.11 Å². The molecule has 0 saturated heterocycles. The van der Waals surface area contributed by atoms with Gasteiger partial charge in [-0.15, -0.1) is 0 Å². The summed E-state index contributed by atoms with van der Waals surface area (Å²) in [4.78, 5) is 10.9. The van der Waals surface area contributed by atoms with Crippen molar-refractivity contribution in [1.29, 1.82) is 0 Å². The van der Waals surface area contributed by atoms with Crippen LogP contribution < -0.4 is 0 Å². The van der Waals surface area contributed by atoms with Crippen LogP contribution in [-0.2, 0) is 4.79 Å². The molecule has 0 aromatic heterocycles. The second kappa shape index (κ2) is 4.30. The normalized spacial score (nSPS) is 12.1. The largest absolute Gasteiger partial charge is 0.481 e. The SMILES string of the molecule is CN(CCC(=O)O)CC(F)(F)F. The monoisotopic (exact) mass is 185 g/mol. The minimum Gasteiger partial charge on any atom is -0.481 e. The summed E-state index contributed by atoms with van der Waals surface area (Å²) in [5, 5.41) is 8.15. The maximum Gasteiger partial charge on any atom is 0.401 e. The third-order valence-electron chi connectivity index (χ3n) is 1.16. The molecule has 0 saturated carbocycles. The lowest BCUT2D eigenvalue weighted by molar-refractivity contribution is -0.147. The van der Waals surface area contributed by atoms with Crippen LogP contribution in [0, 0.1) is 0 Å². The second-order valence-corrected chi connectivity index (χ2v) is 2.50. The molecule has 0 aliphatic rings. The number of rotatable bonds is 4. The predicted octanol–water partition coefficient (Wildman–Crippen LogP) is 0.955. The molecule has 3 nitrogen and oxygen atoms in total. The standard InChI is InChI=1S/C6H10F3NO2/c1-10(3-2-5(11)12)4-6(7,8)9/h2-4H2,1H3,(H,11,12). The van der Waals surface area contributed by atoms with Gasteiger partial charge in [0.2, 0.25) is 0 Å². The maximum absolute atomic E-state index is 11.6. The number of halogens is 3. The van der Waals surface area contributed by atoms with Crippen LogP contribution in [0.3, 0.4) is 0 Å². The van der Waals surface area contributed by atoms with Gasteiger partial charge in [0, 0.05) is 6.54 Å². The average Bonchev–Trinajstić information content (AvgIpc) is 1.79. The Labute approximate surface area is 67.8 Å². The van der Waals surface area contributed by atoms with E-state index in [0.29, 0.717) is 0 Å². The number of carbonyl (C=O) groups is 1. The Hall–Kier alpha value is -0.780. The minimum absolute atomic E-state index is 0.0884. The third-order valence-corrected chi connectivity index (χ3v) is 1.16. The first kappa shape index (κ1) is 11.2. The summed E-state index contributed by atoms with van der Waals surface area (Å²) in [6, 6.07) is 0. The number of carboxylic acid groups (broad SMARTS) is 1. The smallest absolute Gasteiger partial charge is 0.401 e. The number of alkyl halides is 3. The van der Waals surface area contributed by atoms with E-state index in [1.807, 2.05) is 0 Å². The van der Waals surface area contributed by atoms with Crippen molar-refractivity contribution in [3.63, 3.8) is 0 Å². The van der Waals surface area contributed by atoms with Gasteiger partial charge in [0.05, 0.1) is 13.0 Å². The molecule has 0 aromatic rings. The number of hydrogen-bond acceptors (Lipinski definition) is 2. The molecule has 12 heavy (non-hydrogen) atoms. The van der Waals surface area contributed by atoms with Gasteiger partial charge in [-0.2, -0.15) is 13.2 Å². The van der Waals surface area contributed by atoms with E-state index in [9.17, 15) is 18.0 Å². The van der Waals surface area contributed by atoms with Crippen LogP contribution in [-0.4, -0.2) is 42.3 Å². The van der Waals surface area contributed by atoms with Crippen molar-refractivity contribution in [1.82, 2.24) is 4.90 Å². The summed E-state index contributed by atoms with van der Waals surface area (Å²) in [5.41, 5.74) is 0. The molecular weight excluding hydrogens is 175 g/mol. The minimum atomic E-state index is -4.26. The first-order valence-electron chi connectivity index (χ1n) is 3.28. The van der Waals surface area contributed by atoms with E-state index in [0.717, 1.165) is 4.90 Å². The first-order valence-corrected chi connectivity index (χ1v) is 3.28. The van der Waals surface area contributed by atoms with Crippen LogP contribution >= 0.6 is 0 Å². The second-order valence-electron chi connectivity index (χ2n) is 2.50. The molecule has 0 radical (unpaired) electrons. The summed E-state index contributed by atoms with van der Waals surface area (Å²) >= 11 is 0. The van der Waals surface area contributed by atoms with Crippen molar-refractivity contribution in [2.24, 2.45) is 0 Å². The fourth-order valence-corrected chi connectivity index (χ4v) is 0.672. The summed E-state index contributed by atoms with van der Waals surface area (Å²) in [6.07, 6.45) is -4.53. The zero-order valence-corrected chi connectivity index (χ0v) is 6.56. The lowest BCUT2D eigenvalue weighted by Gasteiger charge is -2.16. The van der Waals surface area contributed by atoms with Crippen molar-refractivity contribution in [2.75, 3.05) is 20.1 Å². The number of hydrogen-bond donors (Lipinski definition) is 1. The lowest BCUT2D eigenvalue weighted by Crippen LogP contribution is -2.32. The highest BCUT2D eigenvalue weighted by molar-refractivity contribution is 5.66. The van der Waals surface area contributed by atoms with Crippen molar-refractivity contribution in [3.05, 3.63) is 0 Å². The highest BCUT2D eigenvalue weighted by atomic mass is 19.4. The third kappa shape index (κ3) is 7.33. The lowest BCUT2D eigenvalue weighted by atomic mass is 10.4. The first-order chi connectivity index (χ1) is 5.31. The zero-order valence-electron chi connectivity index (χ0n) is 6.56. The molecule has 6 heteroatoms. The molecule has 0 spiro atoms. The van der Waals surface area contributed by atoms with Crippen LogP contribution in [0.1, 0.15) is 6.42 Å². The van der Waals surface area contributed by atoms with Crippen LogP contribution in [0.15, 0.2) is 0 Å². The molecule has 0 heterocycles. The van der Waals surface area contributed by atoms with E-state index in [1.165, 1.54) is 7.05 Å². The summed E-state index contributed by atoms with van der Waals surface area (Å²) < 4.78 is 34.9.